The van der Waals surface area contributed by atoms with Crippen molar-refractivity contribution in [2.75, 3.05) is 0 Å². The highest BCUT2D eigenvalue weighted by Crippen LogP contribution is 2.28. The molecule has 0 aliphatic rings. The first-order chi connectivity index (χ1) is 13.4. The molecule has 0 amide bonds. The van der Waals surface area contributed by atoms with Crippen molar-refractivity contribution in [2.24, 2.45) is 0 Å². The highest BCUT2D eigenvalue weighted by molar-refractivity contribution is 5.72. The van der Waals surface area contributed by atoms with Crippen molar-refractivity contribution >= 4 is 5.65 Å². The Hall–Kier alpha value is -3.74. The van der Waals surface area contributed by atoms with Crippen LogP contribution in [0.15, 0.2) is 85.8 Å². The molecule has 0 fully saturated rings. The van der Waals surface area contributed by atoms with E-state index in [1.807, 2.05) is 53.9 Å². The molecule has 0 saturated carbocycles. The van der Waals surface area contributed by atoms with Gasteiger partial charge in [-0.15, -0.1) is 0 Å². The lowest BCUT2D eigenvalue weighted by molar-refractivity contribution is 0.466. The monoisotopic (exact) mass is 355 g/mol. The number of fused-ring (bicyclic) bond motifs is 1. The molecule has 1 atom stereocenters. The molecule has 5 rings (SSSR count). The molecule has 0 spiro atoms. The summed E-state index contributed by atoms with van der Waals surface area (Å²) in [5.41, 5.74) is 2.88. The van der Waals surface area contributed by atoms with Gasteiger partial charge in [-0.05, 0) is 17.7 Å². The van der Waals surface area contributed by atoms with Crippen molar-refractivity contribution < 1.29 is 0 Å². The van der Waals surface area contributed by atoms with Crippen LogP contribution < -0.4 is 0 Å². The van der Waals surface area contributed by atoms with E-state index in [4.69, 9.17) is 0 Å². The topological polar surface area (TPSA) is 65.8 Å². The lowest BCUT2D eigenvalue weighted by Gasteiger charge is -2.21. The summed E-state index contributed by atoms with van der Waals surface area (Å²) in [5.74, 6) is 0.838. The minimum Gasteiger partial charge on any atom is -0.321 e. The Morgan fingerprint density at radius 1 is 0.815 bits per heavy atom. The number of benzene rings is 1. The Morgan fingerprint density at radius 2 is 1.70 bits per heavy atom. The van der Waals surface area contributed by atoms with E-state index in [-0.39, 0.29) is 6.04 Å². The Kier molecular flexibility index (Phi) is 3.75. The van der Waals surface area contributed by atoms with Crippen LogP contribution in [0.3, 0.4) is 0 Å². The number of aromatic nitrogens is 7. The van der Waals surface area contributed by atoms with E-state index < -0.39 is 0 Å². The molecule has 1 aromatic carbocycles. The Morgan fingerprint density at radius 3 is 2.56 bits per heavy atom. The predicted octanol–water partition coefficient (Wildman–Crippen LogP) is 3.08. The largest absolute Gasteiger partial charge is 0.321 e. The zero-order valence-corrected chi connectivity index (χ0v) is 14.5. The summed E-state index contributed by atoms with van der Waals surface area (Å²) in [4.78, 5) is 9.10. The van der Waals surface area contributed by atoms with Crippen LogP contribution >= 0.6 is 0 Å². The summed E-state index contributed by atoms with van der Waals surface area (Å²) in [6, 6.07) is 14.2. The summed E-state index contributed by atoms with van der Waals surface area (Å²) in [7, 11) is 0. The van der Waals surface area contributed by atoms with Crippen LogP contribution in [0.5, 0.6) is 0 Å². The first-order valence-corrected chi connectivity index (χ1v) is 8.74. The standard InChI is InChI=1S/C20H17N7/c1-2-6-16(7-3-1)18(15-25-11-5-9-23-25)26-13-10-22-19(26)17-14-24-27-12-4-8-21-20(17)27/h1-14,18H,15H2. The van der Waals surface area contributed by atoms with Crippen LogP contribution in [0.2, 0.25) is 0 Å². The summed E-state index contributed by atoms with van der Waals surface area (Å²) in [6.07, 6.45) is 13.1. The van der Waals surface area contributed by atoms with Gasteiger partial charge in [0.2, 0.25) is 0 Å². The van der Waals surface area contributed by atoms with E-state index in [9.17, 15) is 0 Å². The van der Waals surface area contributed by atoms with Crippen molar-refractivity contribution in [3.05, 3.63) is 91.4 Å². The molecule has 7 nitrogen and oxygen atoms in total. The van der Waals surface area contributed by atoms with Crippen molar-refractivity contribution in [3.63, 3.8) is 0 Å². The van der Waals surface area contributed by atoms with Gasteiger partial charge >= 0.3 is 0 Å². The maximum Gasteiger partial charge on any atom is 0.165 e. The minimum absolute atomic E-state index is 0.0438. The average Bonchev–Trinajstić information content (AvgIpc) is 3.46. The zero-order chi connectivity index (χ0) is 18.1. The molecule has 0 aliphatic heterocycles. The van der Waals surface area contributed by atoms with Crippen LogP contribution in [0.25, 0.3) is 17.0 Å². The first-order valence-electron chi connectivity index (χ1n) is 8.74. The fraction of sp³-hybridized carbons (Fsp3) is 0.100. The van der Waals surface area contributed by atoms with Gasteiger partial charge in [-0.3, -0.25) is 4.68 Å². The van der Waals surface area contributed by atoms with E-state index in [1.54, 1.807) is 16.9 Å². The third-order valence-electron chi connectivity index (χ3n) is 4.63. The summed E-state index contributed by atoms with van der Waals surface area (Å²) < 4.78 is 5.87. The smallest absolute Gasteiger partial charge is 0.165 e. The normalized spacial score (nSPS) is 12.4. The van der Waals surface area contributed by atoms with Gasteiger partial charge in [-0.1, -0.05) is 30.3 Å². The van der Waals surface area contributed by atoms with E-state index >= 15 is 0 Å². The second-order valence-corrected chi connectivity index (χ2v) is 6.26. The maximum absolute atomic E-state index is 4.62. The second kappa shape index (κ2) is 6.53. The number of hydrogen-bond acceptors (Lipinski definition) is 4. The SMILES string of the molecule is c1ccc(C(Cn2cccn2)n2ccnc2-c2cnn3cccnc23)cc1. The van der Waals surface area contributed by atoms with Crippen LogP contribution in [0.1, 0.15) is 11.6 Å². The fourth-order valence-electron chi connectivity index (χ4n) is 3.37. The van der Waals surface area contributed by atoms with Crippen LogP contribution in [-0.4, -0.2) is 33.9 Å². The van der Waals surface area contributed by atoms with Crippen molar-refractivity contribution in [1.82, 2.24) is 33.9 Å². The number of rotatable bonds is 5. The summed E-state index contributed by atoms with van der Waals surface area (Å²) in [6.45, 7) is 0.701. The van der Waals surface area contributed by atoms with Crippen LogP contribution in [0, 0.1) is 0 Å². The van der Waals surface area contributed by atoms with Gasteiger partial charge < -0.3 is 4.57 Å². The molecule has 0 saturated heterocycles. The molecule has 132 valence electrons. The molecule has 0 N–H and O–H groups in total. The zero-order valence-electron chi connectivity index (χ0n) is 14.5. The minimum atomic E-state index is 0.0438. The molecule has 1 unspecified atom stereocenters. The van der Waals surface area contributed by atoms with Crippen molar-refractivity contribution in [3.8, 4) is 11.4 Å². The quantitative estimate of drug-likeness (QED) is 0.486. The van der Waals surface area contributed by atoms with Gasteiger partial charge in [0.15, 0.2) is 5.65 Å². The molecule has 0 bridgehead atoms. The molecule has 0 radical (unpaired) electrons. The molecular formula is C20H17N7. The van der Waals surface area contributed by atoms with E-state index in [0.29, 0.717) is 6.54 Å². The predicted molar refractivity (Wildman–Crippen MR) is 101 cm³/mol. The van der Waals surface area contributed by atoms with E-state index in [1.165, 1.54) is 5.56 Å². The highest BCUT2D eigenvalue weighted by Gasteiger charge is 2.21. The molecule has 27 heavy (non-hydrogen) atoms. The Balaban J connectivity index is 1.64. The summed E-state index contributed by atoms with van der Waals surface area (Å²) in [5, 5.41) is 8.79. The maximum atomic E-state index is 4.62. The third-order valence-corrected chi connectivity index (χ3v) is 4.63. The number of imidazole rings is 1. The number of hydrogen-bond donors (Lipinski definition) is 0. The lowest BCUT2D eigenvalue weighted by atomic mass is 10.1. The average molecular weight is 355 g/mol. The molecule has 0 aliphatic carbocycles. The van der Waals surface area contributed by atoms with Gasteiger partial charge in [0.05, 0.1) is 24.3 Å². The van der Waals surface area contributed by atoms with E-state index in [0.717, 1.165) is 17.0 Å². The van der Waals surface area contributed by atoms with Gasteiger partial charge in [0, 0.05) is 37.2 Å². The molecule has 5 aromatic rings. The molecule has 7 heteroatoms. The van der Waals surface area contributed by atoms with Crippen LogP contribution in [-0.2, 0) is 6.54 Å². The van der Waals surface area contributed by atoms with Gasteiger partial charge in [0.25, 0.3) is 0 Å². The second-order valence-electron chi connectivity index (χ2n) is 6.26. The fourth-order valence-corrected chi connectivity index (χ4v) is 3.37. The van der Waals surface area contributed by atoms with Crippen molar-refractivity contribution in [2.45, 2.75) is 12.6 Å². The van der Waals surface area contributed by atoms with E-state index in [2.05, 4.69) is 49.0 Å². The summed E-state index contributed by atoms with van der Waals surface area (Å²) >= 11 is 0. The Bertz CT molecular complexity index is 1160. The molecule has 4 aromatic heterocycles. The van der Waals surface area contributed by atoms with Crippen LogP contribution in [0.4, 0.5) is 0 Å². The molecular weight excluding hydrogens is 338 g/mol. The van der Waals surface area contributed by atoms with Crippen molar-refractivity contribution in [1.29, 1.82) is 0 Å². The van der Waals surface area contributed by atoms with Gasteiger partial charge in [-0.2, -0.15) is 10.2 Å². The number of nitrogens with zero attached hydrogens (tertiary/aromatic N) is 7. The first kappa shape index (κ1) is 15.5. The molecule has 4 heterocycles. The lowest BCUT2D eigenvalue weighted by Crippen LogP contribution is -2.18. The third kappa shape index (κ3) is 2.79. The van der Waals surface area contributed by atoms with Gasteiger partial charge in [0.1, 0.15) is 5.82 Å². The Labute approximate surface area is 155 Å². The highest BCUT2D eigenvalue weighted by atomic mass is 15.3. The van der Waals surface area contributed by atoms with Gasteiger partial charge in [-0.25, -0.2) is 14.5 Å².